The van der Waals surface area contributed by atoms with Gasteiger partial charge in [0.1, 0.15) is 0 Å². The third-order valence-electron chi connectivity index (χ3n) is 5.26. The fourth-order valence-corrected chi connectivity index (χ4v) is 3.62. The summed E-state index contributed by atoms with van der Waals surface area (Å²) < 4.78 is 5.02. The number of nitrogens with zero attached hydrogens (tertiary/aromatic N) is 2. The number of aliphatic carboxylic acids is 1. The fraction of sp³-hybridized carbons (Fsp3) is 0.300. The average molecular weight is 384 g/mol. The number of carboxylic acid groups (broad SMARTS) is 1. The van der Waals surface area contributed by atoms with Gasteiger partial charge in [0.05, 0.1) is 17.4 Å². The zero-order valence-electron chi connectivity index (χ0n) is 15.3. The molecule has 8 nitrogen and oxygen atoms in total. The van der Waals surface area contributed by atoms with Crippen LogP contribution >= 0.6 is 0 Å². The number of amides is 1. The maximum absolute atomic E-state index is 12.8. The lowest BCUT2D eigenvalue weighted by molar-refractivity contribution is -0.385. The molecule has 1 saturated heterocycles. The lowest BCUT2D eigenvalue weighted by atomic mass is 9.73. The Labute approximate surface area is 161 Å². The van der Waals surface area contributed by atoms with Gasteiger partial charge in [-0.1, -0.05) is 30.3 Å². The number of hydrogen-bond donors (Lipinski definition) is 1. The third kappa shape index (κ3) is 3.40. The van der Waals surface area contributed by atoms with Crippen LogP contribution in [0.4, 0.5) is 5.69 Å². The van der Waals surface area contributed by atoms with E-state index in [0.29, 0.717) is 12.8 Å². The van der Waals surface area contributed by atoms with E-state index in [1.807, 2.05) is 6.07 Å². The number of rotatable bonds is 5. The van der Waals surface area contributed by atoms with E-state index in [4.69, 9.17) is 4.74 Å². The highest BCUT2D eigenvalue weighted by Gasteiger charge is 2.44. The number of nitro benzene ring substituents is 1. The van der Waals surface area contributed by atoms with Crippen LogP contribution in [0.3, 0.4) is 0 Å². The van der Waals surface area contributed by atoms with Gasteiger partial charge in [-0.15, -0.1) is 0 Å². The Morgan fingerprint density at radius 1 is 1.14 bits per heavy atom. The zero-order chi connectivity index (χ0) is 20.3. The summed E-state index contributed by atoms with van der Waals surface area (Å²) in [5.74, 6) is -1.19. The summed E-state index contributed by atoms with van der Waals surface area (Å²) in [6, 6.07) is 13.0. The number of benzene rings is 2. The number of piperidine rings is 1. The smallest absolute Gasteiger partial charge is 0.314 e. The van der Waals surface area contributed by atoms with E-state index in [-0.39, 0.29) is 36.0 Å². The van der Waals surface area contributed by atoms with Gasteiger partial charge in [0.25, 0.3) is 5.91 Å². The van der Waals surface area contributed by atoms with Gasteiger partial charge in [-0.05, 0) is 24.5 Å². The van der Waals surface area contributed by atoms with Gasteiger partial charge < -0.3 is 14.7 Å². The number of carboxylic acids is 1. The third-order valence-corrected chi connectivity index (χ3v) is 5.26. The summed E-state index contributed by atoms with van der Waals surface area (Å²) in [6.45, 7) is 0.554. The second kappa shape index (κ2) is 7.67. The van der Waals surface area contributed by atoms with Gasteiger partial charge >= 0.3 is 11.7 Å². The van der Waals surface area contributed by atoms with Crippen LogP contribution in [0.5, 0.6) is 5.75 Å². The van der Waals surface area contributed by atoms with Crippen LogP contribution in [0.2, 0.25) is 0 Å². The maximum Gasteiger partial charge on any atom is 0.314 e. The van der Waals surface area contributed by atoms with Crippen molar-refractivity contribution in [1.82, 2.24) is 4.90 Å². The van der Waals surface area contributed by atoms with Gasteiger partial charge in [0, 0.05) is 30.8 Å². The first kappa shape index (κ1) is 19.3. The van der Waals surface area contributed by atoms with Crippen molar-refractivity contribution >= 4 is 17.6 Å². The first-order valence-corrected chi connectivity index (χ1v) is 8.79. The highest BCUT2D eigenvalue weighted by atomic mass is 16.6. The Balaban J connectivity index is 1.80. The number of carbonyl (C=O) groups excluding carboxylic acids is 1. The first-order chi connectivity index (χ1) is 13.4. The van der Waals surface area contributed by atoms with Gasteiger partial charge in [0.15, 0.2) is 5.75 Å². The molecule has 1 fully saturated rings. The largest absolute Gasteiger partial charge is 0.490 e. The molecular weight excluding hydrogens is 364 g/mol. The van der Waals surface area contributed by atoms with E-state index in [1.54, 1.807) is 29.2 Å². The van der Waals surface area contributed by atoms with E-state index >= 15 is 0 Å². The Morgan fingerprint density at radius 3 is 2.32 bits per heavy atom. The topological polar surface area (TPSA) is 110 Å². The van der Waals surface area contributed by atoms with E-state index in [9.17, 15) is 24.8 Å². The summed E-state index contributed by atoms with van der Waals surface area (Å²) in [7, 11) is 1.30. The van der Waals surface area contributed by atoms with Crippen molar-refractivity contribution in [1.29, 1.82) is 0 Å². The van der Waals surface area contributed by atoms with Crippen LogP contribution in [0, 0.1) is 10.1 Å². The molecule has 0 spiro atoms. The van der Waals surface area contributed by atoms with Crippen LogP contribution in [-0.4, -0.2) is 47.0 Å². The van der Waals surface area contributed by atoms with Gasteiger partial charge in [-0.25, -0.2) is 0 Å². The molecule has 0 aliphatic carbocycles. The van der Waals surface area contributed by atoms with Crippen molar-refractivity contribution in [3.05, 3.63) is 69.8 Å². The quantitative estimate of drug-likeness (QED) is 0.627. The maximum atomic E-state index is 12.8. The number of ether oxygens (including phenoxy) is 1. The van der Waals surface area contributed by atoms with Crippen LogP contribution in [0.1, 0.15) is 28.8 Å². The monoisotopic (exact) mass is 384 g/mol. The fourth-order valence-electron chi connectivity index (χ4n) is 3.62. The standard InChI is InChI=1S/C20H20N2O6/c1-28-17-13-14(7-8-16(17)22(26)27)18(23)21-11-9-20(10-12-21,19(24)25)15-5-3-2-4-6-15/h2-8,13H,9-12H2,1H3,(H,24,25). The van der Waals surface area contributed by atoms with Crippen molar-refractivity contribution < 1.29 is 24.4 Å². The molecule has 0 saturated carbocycles. The lowest BCUT2D eigenvalue weighted by Gasteiger charge is -2.39. The van der Waals surface area contributed by atoms with Crippen LogP contribution in [-0.2, 0) is 10.2 Å². The molecule has 0 radical (unpaired) electrons. The summed E-state index contributed by atoms with van der Waals surface area (Å²) in [4.78, 5) is 36.9. The highest BCUT2D eigenvalue weighted by molar-refractivity contribution is 5.95. The average Bonchev–Trinajstić information content (AvgIpc) is 2.73. The Morgan fingerprint density at radius 2 is 1.79 bits per heavy atom. The molecule has 1 N–H and O–H groups in total. The van der Waals surface area contributed by atoms with E-state index < -0.39 is 16.3 Å². The van der Waals surface area contributed by atoms with Crippen LogP contribution in [0.15, 0.2) is 48.5 Å². The van der Waals surface area contributed by atoms with Gasteiger partial charge in [-0.3, -0.25) is 19.7 Å². The number of carbonyl (C=O) groups is 2. The molecule has 1 heterocycles. The summed E-state index contributed by atoms with van der Waals surface area (Å²) in [5, 5.41) is 20.9. The minimum Gasteiger partial charge on any atom is -0.490 e. The molecule has 0 atom stereocenters. The minimum atomic E-state index is -1.02. The predicted molar refractivity (Wildman–Crippen MR) is 101 cm³/mol. The van der Waals surface area contributed by atoms with E-state index in [1.165, 1.54) is 25.3 Å². The summed E-state index contributed by atoms with van der Waals surface area (Å²) in [6.07, 6.45) is 0.588. The highest BCUT2D eigenvalue weighted by Crippen LogP contribution is 2.36. The number of likely N-dealkylation sites (tertiary alicyclic amines) is 1. The Bertz CT molecular complexity index is 904. The molecule has 146 valence electrons. The van der Waals surface area contributed by atoms with Crippen molar-refractivity contribution in [3.63, 3.8) is 0 Å². The van der Waals surface area contributed by atoms with Crippen LogP contribution in [0.25, 0.3) is 0 Å². The summed E-state index contributed by atoms with van der Waals surface area (Å²) in [5.41, 5.74) is -0.242. The van der Waals surface area contributed by atoms with Gasteiger partial charge in [0.2, 0.25) is 0 Å². The second-order valence-corrected chi connectivity index (χ2v) is 6.69. The molecule has 1 amide bonds. The molecule has 8 heteroatoms. The SMILES string of the molecule is COc1cc(C(=O)N2CCC(C(=O)O)(c3ccccc3)CC2)ccc1[N+](=O)[O-]. The van der Waals surface area contributed by atoms with E-state index in [0.717, 1.165) is 5.56 Å². The van der Waals surface area contributed by atoms with Crippen molar-refractivity contribution in [2.45, 2.75) is 18.3 Å². The predicted octanol–water partition coefficient (Wildman–Crippen LogP) is 2.86. The van der Waals surface area contributed by atoms with Gasteiger partial charge in [-0.2, -0.15) is 0 Å². The number of nitro groups is 1. The summed E-state index contributed by atoms with van der Waals surface area (Å²) >= 11 is 0. The molecule has 28 heavy (non-hydrogen) atoms. The van der Waals surface area contributed by atoms with Crippen molar-refractivity contribution in [2.75, 3.05) is 20.2 Å². The molecule has 1 aliphatic heterocycles. The molecule has 0 aromatic heterocycles. The minimum absolute atomic E-state index is 0.0111. The Hall–Kier alpha value is -3.42. The molecular formula is C20H20N2O6. The molecule has 0 unspecified atom stereocenters. The zero-order valence-corrected chi connectivity index (χ0v) is 15.3. The molecule has 2 aromatic rings. The van der Waals surface area contributed by atoms with Crippen molar-refractivity contribution in [2.24, 2.45) is 0 Å². The molecule has 3 rings (SSSR count). The molecule has 2 aromatic carbocycles. The molecule has 0 bridgehead atoms. The molecule has 1 aliphatic rings. The normalized spacial score (nSPS) is 15.7. The first-order valence-electron chi connectivity index (χ1n) is 8.79. The number of hydrogen-bond acceptors (Lipinski definition) is 5. The Kier molecular flexibility index (Phi) is 5.30. The van der Waals surface area contributed by atoms with E-state index in [2.05, 4.69) is 0 Å². The van der Waals surface area contributed by atoms with Crippen LogP contribution < -0.4 is 4.74 Å². The second-order valence-electron chi connectivity index (χ2n) is 6.69. The van der Waals surface area contributed by atoms with Crippen molar-refractivity contribution in [3.8, 4) is 5.75 Å². The lowest BCUT2D eigenvalue weighted by Crippen LogP contribution is -2.49. The number of methoxy groups -OCH3 is 1.